The number of aromatic nitrogens is 2. The number of nitrogens with two attached hydrogens (primary N) is 1. The van der Waals surface area contributed by atoms with Crippen LogP contribution >= 0.6 is 23.4 Å². The SMILES string of the molecule is CCc1nc(SCC(=O)Nc2ccc(CC#N)cc2)nc(N)c1-c1ccc(Cl)cc1. The molecule has 0 aliphatic carbocycles. The lowest BCUT2D eigenvalue weighted by molar-refractivity contribution is -0.113. The van der Waals surface area contributed by atoms with Crippen molar-refractivity contribution in [3.63, 3.8) is 0 Å². The smallest absolute Gasteiger partial charge is 0.234 e. The van der Waals surface area contributed by atoms with Crippen LogP contribution in [0, 0.1) is 11.3 Å². The van der Waals surface area contributed by atoms with E-state index in [-0.39, 0.29) is 11.7 Å². The molecule has 3 N–H and O–H groups in total. The normalized spacial score (nSPS) is 10.4. The summed E-state index contributed by atoms with van der Waals surface area (Å²) in [6.45, 7) is 2.00. The first-order valence-corrected chi connectivity index (χ1v) is 10.7. The second-order valence-corrected chi connectivity index (χ2v) is 7.82. The number of amides is 1. The molecular weight excluding hydrogens is 418 g/mol. The fourth-order valence-corrected chi connectivity index (χ4v) is 3.67. The van der Waals surface area contributed by atoms with E-state index in [2.05, 4.69) is 21.4 Å². The number of nitriles is 1. The molecule has 152 valence electrons. The van der Waals surface area contributed by atoms with Gasteiger partial charge in [-0.1, -0.05) is 54.6 Å². The van der Waals surface area contributed by atoms with Crippen LogP contribution < -0.4 is 11.1 Å². The number of hydrogen-bond donors (Lipinski definition) is 2. The third-order valence-electron chi connectivity index (χ3n) is 4.31. The highest BCUT2D eigenvalue weighted by Gasteiger charge is 2.15. The van der Waals surface area contributed by atoms with E-state index in [4.69, 9.17) is 22.6 Å². The van der Waals surface area contributed by atoms with Gasteiger partial charge in [0.2, 0.25) is 5.91 Å². The van der Waals surface area contributed by atoms with Crippen LogP contribution in [0.4, 0.5) is 11.5 Å². The lowest BCUT2D eigenvalue weighted by Crippen LogP contribution is -2.14. The second kappa shape index (κ2) is 10.1. The molecule has 1 aromatic heterocycles. The molecule has 0 atom stereocenters. The van der Waals surface area contributed by atoms with Gasteiger partial charge in [-0.15, -0.1) is 0 Å². The van der Waals surface area contributed by atoms with Crippen LogP contribution in [0.3, 0.4) is 0 Å². The maximum atomic E-state index is 12.3. The van der Waals surface area contributed by atoms with Crippen molar-refractivity contribution in [3.8, 4) is 17.2 Å². The number of nitrogens with zero attached hydrogens (tertiary/aromatic N) is 3. The summed E-state index contributed by atoms with van der Waals surface area (Å²) in [7, 11) is 0. The van der Waals surface area contributed by atoms with Crippen molar-refractivity contribution in [1.82, 2.24) is 9.97 Å². The number of anilines is 2. The first kappa shape index (κ1) is 21.6. The van der Waals surface area contributed by atoms with E-state index >= 15 is 0 Å². The third-order valence-corrected chi connectivity index (χ3v) is 5.41. The van der Waals surface area contributed by atoms with Crippen molar-refractivity contribution < 1.29 is 4.79 Å². The summed E-state index contributed by atoms with van der Waals surface area (Å²) < 4.78 is 0. The number of carbonyl (C=O) groups is 1. The van der Waals surface area contributed by atoms with Gasteiger partial charge in [0.05, 0.1) is 23.9 Å². The number of hydrogen-bond acceptors (Lipinski definition) is 6. The van der Waals surface area contributed by atoms with Gasteiger partial charge in [-0.05, 0) is 41.8 Å². The molecule has 1 amide bonds. The predicted octanol–water partition coefficient (Wildman–Crippen LogP) is 4.74. The van der Waals surface area contributed by atoms with Gasteiger partial charge < -0.3 is 11.1 Å². The van der Waals surface area contributed by atoms with Crippen molar-refractivity contribution in [2.75, 3.05) is 16.8 Å². The van der Waals surface area contributed by atoms with Crippen LogP contribution in [0.25, 0.3) is 11.1 Å². The highest BCUT2D eigenvalue weighted by molar-refractivity contribution is 7.99. The standard InChI is InChI=1S/C22H20ClN5OS/c1-2-18-20(15-5-7-16(23)8-6-15)21(25)28-22(27-18)30-13-19(29)26-17-9-3-14(4-10-17)11-12-24/h3-10H,2,11,13H2,1H3,(H,26,29)(H2,25,27,28). The van der Waals surface area contributed by atoms with Crippen LogP contribution in [0.1, 0.15) is 18.2 Å². The van der Waals surface area contributed by atoms with Gasteiger partial charge in [0.15, 0.2) is 5.16 Å². The molecule has 0 radical (unpaired) electrons. The van der Waals surface area contributed by atoms with Gasteiger partial charge in [0, 0.05) is 16.3 Å². The zero-order valence-corrected chi connectivity index (χ0v) is 17.9. The fourth-order valence-electron chi connectivity index (χ4n) is 2.88. The van der Waals surface area contributed by atoms with E-state index < -0.39 is 0 Å². The molecule has 3 rings (SSSR count). The number of carbonyl (C=O) groups excluding carboxylic acids is 1. The first-order chi connectivity index (χ1) is 14.5. The number of rotatable bonds is 7. The largest absolute Gasteiger partial charge is 0.383 e. The Morgan fingerprint density at radius 2 is 1.87 bits per heavy atom. The van der Waals surface area contributed by atoms with Gasteiger partial charge in [0.1, 0.15) is 5.82 Å². The summed E-state index contributed by atoms with van der Waals surface area (Å²) >= 11 is 7.20. The summed E-state index contributed by atoms with van der Waals surface area (Å²) in [5.74, 6) is 0.359. The number of nitrogen functional groups attached to an aromatic ring is 1. The van der Waals surface area contributed by atoms with Gasteiger partial charge >= 0.3 is 0 Å². The average Bonchev–Trinajstić information content (AvgIpc) is 2.74. The Bertz CT molecular complexity index is 1080. The van der Waals surface area contributed by atoms with E-state index in [0.717, 1.165) is 22.4 Å². The minimum atomic E-state index is -0.171. The van der Waals surface area contributed by atoms with E-state index in [0.29, 0.717) is 34.5 Å². The van der Waals surface area contributed by atoms with Crippen LogP contribution in [-0.2, 0) is 17.6 Å². The van der Waals surface area contributed by atoms with Crippen molar-refractivity contribution in [3.05, 3.63) is 64.8 Å². The molecule has 0 saturated heterocycles. The lowest BCUT2D eigenvalue weighted by atomic mass is 10.0. The van der Waals surface area contributed by atoms with E-state index in [1.165, 1.54) is 11.8 Å². The van der Waals surface area contributed by atoms with Crippen molar-refractivity contribution in [2.45, 2.75) is 24.9 Å². The Balaban J connectivity index is 1.68. The molecule has 0 aliphatic heterocycles. The fraction of sp³-hybridized carbons (Fsp3) is 0.182. The summed E-state index contributed by atoms with van der Waals surface area (Å²) in [5.41, 5.74) is 10.3. The molecule has 2 aromatic carbocycles. The van der Waals surface area contributed by atoms with Crippen molar-refractivity contribution in [1.29, 1.82) is 5.26 Å². The predicted molar refractivity (Wildman–Crippen MR) is 121 cm³/mol. The molecular formula is C22H20ClN5OS. The van der Waals surface area contributed by atoms with E-state index in [9.17, 15) is 4.79 Å². The third kappa shape index (κ3) is 5.50. The van der Waals surface area contributed by atoms with Gasteiger partial charge in [-0.25, -0.2) is 9.97 Å². The van der Waals surface area contributed by atoms with E-state index in [1.807, 2.05) is 31.2 Å². The van der Waals surface area contributed by atoms with Crippen molar-refractivity contribution in [2.24, 2.45) is 0 Å². The molecule has 30 heavy (non-hydrogen) atoms. The van der Waals surface area contributed by atoms with Gasteiger partial charge in [-0.3, -0.25) is 4.79 Å². The lowest BCUT2D eigenvalue weighted by Gasteiger charge is -2.12. The van der Waals surface area contributed by atoms with Crippen LogP contribution in [0.5, 0.6) is 0 Å². The van der Waals surface area contributed by atoms with Gasteiger partial charge in [0.25, 0.3) is 0 Å². The Kier molecular flexibility index (Phi) is 7.28. The molecule has 0 spiro atoms. The average molecular weight is 438 g/mol. The highest BCUT2D eigenvalue weighted by atomic mass is 35.5. The number of benzene rings is 2. The summed E-state index contributed by atoms with van der Waals surface area (Å²) in [6.07, 6.45) is 1.02. The van der Waals surface area contributed by atoms with Gasteiger partial charge in [-0.2, -0.15) is 5.26 Å². The topological polar surface area (TPSA) is 105 Å². The Labute approximate surface area is 184 Å². The summed E-state index contributed by atoms with van der Waals surface area (Å²) in [5, 5.41) is 12.6. The number of nitrogens with one attached hydrogen (secondary N) is 1. The van der Waals surface area contributed by atoms with E-state index in [1.54, 1.807) is 24.3 Å². The first-order valence-electron chi connectivity index (χ1n) is 9.31. The molecule has 0 saturated carbocycles. The molecule has 1 heterocycles. The zero-order valence-electron chi connectivity index (χ0n) is 16.4. The summed E-state index contributed by atoms with van der Waals surface area (Å²) in [4.78, 5) is 21.2. The van der Waals surface area contributed by atoms with Crippen LogP contribution in [0.15, 0.2) is 53.7 Å². The summed E-state index contributed by atoms with van der Waals surface area (Å²) in [6, 6.07) is 16.7. The minimum absolute atomic E-state index is 0.156. The number of thioether (sulfide) groups is 1. The monoisotopic (exact) mass is 437 g/mol. The number of halogens is 1. The van der Waals surface area contributed by atoms with Crippen LogP contribution in [-0.4, -0.2) is 21.6 Å². The molecule has 3 aromatic rings. The zero-order chi connectivity index (χ0) is 21.5. The molecule has 8 heteroatoms. The molecule has 0 unspecified atom stereocenters. The molecule has 0 fully saturated rings. The Hall–Kier alpha value is -3.08. The maximum Gasteiger partial charge on any atom is 0.234 e. The molecule has 6 nitrogen and oxygen atoms in total. The maximum absolute atomic E-state index is 12.3. The Morgan fingerprint density at radius 3 is 2.50 bits per heavy atom. The van der Waals surface area contributed by atoms with Crippen molar-refractivity contribution >= 4 is 40.8 Å². The highest BCUT2D eigenvalue weighted by Crippen LogP contribution is 2.31. The second-order valence-electron chi connectivity index (χ2n) is 6.44. The number of aryl methyl sites for hydroxylation is 1. The molecule has 0 aliphatic rings. The Morgan fingerprint density at radius 1 is 1.17 bits per heavy atom. The van der Waals surface area contributed by atoms with Crippen LogP contribution in [0.2, 0.25) is 5.02 Å². The molecule has 0 bridgehead atoms. The minimum Gasteiger partial charge on any atom is -0.383 e. The quantitative estimate of drug-likeness (QED) is 0.408.